The third-order valence-corrected chi connectivity index (χ3v) is 3.50. The molecule has 0 aliphatic carbocycles. The van der Waals surface area contributed by atoms with Crippen molar-refractivity contribution in [2.75, 3.05) is 24.7 Å². The number of piperazine rings is 1. The minimum Gasteiger partial charge on any atom is -0.380 e. The fourth-order valence-electron chi connectivity index (χ4n) is 2.34. The maximum atomic E-state index is 13.9. The van der Waals surface area contributed by atoms with Crippen LogP contribution in [-0.4, -0.2) is 42.6 Å². The van der Waals surface area contributed by atoms with Crippen molar-refractivity contribution in [2.45, 2.75) is 13.0 Å². The van der Waals surface area contributed by atoms with Crippen LogP contribution in [0, 0.1) is 18.7 Å². The Morgan fingerprint density at radius 1 is 1.45 bits per heavy atom. The molecule has 1 unspecified atom stereocenters. The number of carbonyl (C=O) groups is 2. The molecule has 0 spiro atoms. The van der Waals surface area contributed by atoms with Crippen LogP contribution in [0.1, 0.15) is 5.56 Å². The Morgan fingerprint density at radius 3 is 2.80 bits per heavy atom. The molecule has 0 radical (unpaired) electrons. The summed E-state index contributed by atoms with van der Waals surface area (Å²) in [7, 11) is 0. The molecule has 1 N–H and O–H groups in total. The molecule has 2 aliphatic rings. The zero-order valence-corrected chi connectivity index (χ0v) is 10.9. The Morgan fingerprint density at radius 2 is 2.20 bits per heavy atom. The van der Waals surface area contributed by atoms with Crippen LogP contribution in [0.3, 0.4) is 0 Å². The fraction of sp³-hybridized carbons (Fsp3) is 0.462. The van der Waals surface area contributed by atoms with Crippen LogP contribution in [0.25, 0.3) is 0 Å². The van der Waals surface area contributed by atoms with Crippen LogP contribution < -0.4 is 10.2 Å². The van der Waals surface area contributed by atoms with Gasteiger partial charge in [-0.25, -0.2) is 9.37 Å². The zero-order chi connectivity index (χ0) is 14.3. The summed E-state index contributed by atoms with van der Waals surface area (Å²) in [6, 6.07) is 0.636. The number of amides is 2. The van der Waals surface area contributed by atoms with E-state index in [0.717, 1.165) is 4.90 Å². The number of halogens is 1. The largest absolute Gasteiger partial charge is 0.380 e. The van der Waals surface area contributed by atoms with Gasteiger partial charge in [-0.2, -0.15) is 0 Å². The van der Waals surface area contributed by atoms with Gasteiger partial charge in [-0.15, -0.1) is 0 Å². The molecular weight excluding hydrogens is 265 g/mol. The Labute approximate surface area is 114 Å². The smallest absolute Gasteiger partial charge is 0.251 e. The predicted molar refractivity (Wildman–Crippen MR) is 67.5 cm³/mol. The standard InChI is InChI=1S/C13H14FN3O3/c1-7-2-9(14)12(15-3-7)17-4-10(18)16-11(13(17)19)8-5-20-6-8/h2-3,8,11H,4-6H2,1H3,(H,16,18). The second kappa shape index (κ2) is 4.82. The number of hydrogen-bond donors (Lipinski definition) is 1. The highest BCUT2D eigenvalue weighted by Gasteiger charge is 2.42. The van der Waals surface area contributed by atoms with Crippen molar-refractivity contribution < 1.29 is 18.7 Å². The number of nitrogens with zero attached hydrogens (tertiary/aromatic N) is 2. The van der Waals surface area contributed by atoms with Gasteiger partial charge in [0, 0.05) is 12.1 Å². The normalized spacial score (nSPS) is 23.5. The number of carbonyl (C=O) groups excluding carboxylic acids is 2. The molecule has 2 fully saturated rings. The van der Waals surface area contributed by atoms with Gasteiger partial charge in [-0.1, -0.05) is 0 Å². The molecule has 3 heterocycles. The van der Waals surface area contributed by atoms with Crippen LogP contribution in [-0.2, 0) is 14.3 Å². The number of ether oxygens (including phenoxy) is 1. The van der Waals surface area contributed by atoms with Gasteiger partial charge in [0.15, 0.2) is 11.6 Å². The lowest BCUT2D eigenvalue weighted by Crippen LogP contribution is -2.64. The first-order chi connectivity index (χ1) is 9.56. The zero-order valence-electron chi connectivity index (χ0n) is 10.9. The molecule has 1 atom stereocenters. The summed E-state index contributed by atoms with van der Waals surface area (Å²) in [4.78, 5) is 29.2. The number of aryl methyl sites for hydroxylation is 1. The first-order valence-corrected chi connectivity index (χ1v) is 6.37. The summed E-state index contributed by atoms with van der Waals surface area (Å²) in [6.07, 6.45) is 1.47. The quantitative estimate of drug-likeness (QED) is 0.827. The summed E-state index contributed by atoms with van der Waals surface area (Å²) >= 11 is 0. The average Bonchev–Trinajstić information content (AvgIpc) is 2.31. The van der Waals surface area contributed by atoms with Gasteiger partial charge in [-0.3, -0.25) is 14.5 Å². The summed E-state index contributed by atoms with van der Waals surface area (Å²) in [6.45, 7) is 2.34. The van der Waals surface area contributed by atoms with Gasteiger partial charge in [0.2, 0.25) is 5.91 Å². The van der Waals surface area contributed by atoms with Crippen molar-refractivity contribution in [1.29, 1.82) is 0 Å². The number of anilines is 1. The van der Waals surface area contributed by atoms with Gasteiger partial charge in [-0.05, 0) is 18.6 Å². The highest BCUT2D eigenvalue weighted by molar-refractivity contribution is 6.06. The van der Waals surface area contributed by atoms with Crippen molar-refractivity contribution in [3.8, 4) is 0 Å². The Hall–Kier alpha value is -2.02. The molecule has 0 aromatic carbocycles. The molecule has 6 nitrogen and oxygen atoms in total. The molecule has 3 rings (SSSR count). The Kier molecular flexibility index (Phi) is 3.13. The topological polar surface area (TPSA) is 71.5 Å². The van der Waals surface area contributed by atoms with Gasteiger partial charge >= 0.3 is 0 Å². The monoisotopic (exact) mass is 279 g/mol. The first-order valence-electron chi connectivity index (χ1n) is 6.37. The molecule has 2 amide bonds. The van der Waals surface area contributed by atoms with Crippen molar-refractivity contribution in [3.05, 3.63) is 23.6 Å². The summed E-state index contributed by atoms with van der Waals surface area (Å²) in [5.74, 6) is -1.41. The van der Waals surface area contributed by atoms with Gasteiger partial charge in [0.25, 0.3) is 5.91 Å². The van der Waals surface area contributed by atoms with E-state index in [4.69, 9.17) is 4.74 Å². The molecule has 1 aromatic heterocycles. The van der Waals surface area contributed by atoms with Crippen molar-refractivity contribution in [2.24, 2.45) is 5.92 Å². The second-order valence-electron chi connectivity index (χ2n) is 5.09. The van der Waals surface area contributed by atoms with Crippen molar-refractivity contribution in [3.63, 3.8) is 0 Å². The number of hydrogen-bond acceptors (Lipinski definition) is 4. The summed E-state index contributed by atoms with van der Waals surface area (Å²) in [5, 5.41) is 2.64. The lowest BCUT2D eigenvalue weighted by Gasteiger charge is -2.39. The summed E-state index contributed by atoms with van der Waals surface area (Å²) in [5.41, 5.74) is 0.657. The van der Waals surface area contributed by atoms with Gasteiger partial charge in [0.05, 0.1) is 13.2 Å². The molecule has 0 bridgehead atoms. The van der Waals surface area contributed by atoms with E-state index in [2.05, 4.69) is 10.3 Å². The van der Waals surface area contributed by atoms with Crippen LogP contribution >= 0.6 is 0 Å². The van der Waals surface area contributed by atoms with Crippen molar-refractivity contribution in [1.82, 2.24) is 10.3 Å². The molecule has 20 heavy (non-hydrogen) atoms. The molecular formula is C13H14FN3O3. The highest BCUT2D eigenvalue weighted by Crippen LogP contribution is 2.24. The minimum atomic E-state index is -0.660. The number of pyridine rings is 1. The van der Waals surface area contributed by atoms with Crippen molar-refractivity contribution >= 4 is 17.6 Å². The molecule has 2 aliphatic heterocycles. The van der Waals surface area contributed by atoms with Gasteiger partial charge in [0.1, 0.15) is 12.6 Å². The SMILES string of the molecule is Cc1cnc(N2CC(=O)NC(C3COC3)C2=O)c(F)c1. The van der Waals surface area contributed by atoms with E-state index in [-0.39, 0.29) is 30.1 Å². The lowest BCUT2D eigenvalue weighted by atomic mass is 9.95. The number of aromatic nitrogens is 1. The van der Waals surface area contributed by atoms with Crippen LogP contribution in [0.5, 0.6) is 0 Å². The van der Waals surface area contributed by atoms with Crippen LogP contribution in [0.4, 0.5) is 10.2 Å². The maximum absolute atomic E-state index is 13.9. The van der Waals surface area contributed by atoms with E-state index in [1.165, 1.54) is 12.3 Å². The van der Waals surface area contributed by atoms with E-state index in [9.17, 15) is 14.0 Å². The lowest BCUT2D eigenvalue weighted by molar-refractivity contribution is -0.138. The van der Waals surface area contributed by atoms with E-state index < -0.39 is 11.9 Å². The van der Waals surface area contributed by atoms with E-state index >= 15 is 0 Å². The van der Waals surface area contributed by atoms with Gasteiger partial charge < -0.3 is 10.1 Å². The first kappa shape index (κ1) is 13.0. The summed E-state index contributed by atoms with van der Waals surface area (Å²) < 4.78 is 19.0. The van der Waals surface area contributed by atoms with E-state index in [1.54, 1.807) is 6.92 Å². The van der Waals surface area contributed by atoms with E-state index in [0.29, 0.717) is 18.8 Å². The third-order valence-electron chi connectivity index (χ3n) is 3.50. The fourth-order valence-corrected chi connectivity index (χ4v) is 2.34. The maximum Gasteiger partial charge on any atom is 0.251 e. The molecule has 7 heteroatoms. The Balaban J connectivity index is 1.90. The third kappa shape index (κ3) is 2.14. The molecule has 0 saturated carbocycles. The number of nitrogens with one attached hydrogen (secondary N) is 1. The Bertz CT molecular complexity index is 574. The van der Waals surface area contributed by atoms with E-state index in [1.807, 2.05) is 0 Å². The molecule has 2 saturated heterocycles. The molecule has 106 valence electrons. The molecule has 1 aromatic rings. The van der Waals surface area contributed by atoms with Crippen LogP contribution in [0.15, 0.2) is 12.3 Å². The van der Waals surface area contributed by atoms with Crippen LogP contribution in [0.2, 0.25) is 0 Å². The number of rotatable bonds is 2. The minimum absolute atomic E-state index is 0.0530. The average molecular weight is 279 g/mol. The second-order valence-corrected chi connectivity index (χ2v) is 5.09. The highest BCUT2D eigenvalue weighted by atomic mass is 19.1. The predicted octanol–water partition coefficient (Wildman–Crippen LogP) is 0.00692.